The number of hydrogen-bond donors (Lipinski definition) is 3. The molecule has 0 saturated heterocycles. The third kappa shape index (κ3) is 3.18. The van der Waals surface area contributed by atoms with Gasteiger partial charge >= 0.3 is 0 Å². The fraction of sp³-hybridized carbons (Fsp3) is 0.615. The number of anilines is 1. The molecule has 0 bridgehead atoms. The van der Waals surface area contributed by atoms with Crippen molar-refractivity contribution in [2.75, 3.05) is 5.32 Å². The number of nitrogens with zero attached hydrogens (tertiary/aromatic N) is 1. The molecule has 18 heavy (non-hydrogen) atoms. The maximum Gasteiger partial charge on any atom is 0.270 e. The van der Waals surface area contributed by atoms with Gasteiger partial charge in [0.05, 0.1) is 5.71 Å². The average Bonchev–Trinajstić information content (AvgIpc) is 2.36. The molecule has 0 aliphatic heterocycles. The van der Waals surface area contributed by atoms with E-state index in [9.17, 15) is 4.79 Å². The van der Waals surface area contributed by atoms with Crippen LogP contribution in [0.25, 0.3) is 0 Å². The van der Waals surface area contributed by atoms with Crippen LogP contribution in [-0.4, -0.2) is 21.7 Å². The Morgan fingerprint density at radius 2 is 2.00 bits per heavy atom. The minimum absolute atomic E-state index is 0.200. The summed E-state index contributed by atoms with van der Waals surface area (Å²) in [5, 5.41) is 11.0. The van der Waals surface area contributed by atoms with E-state index in [0.717, 1.165) is 12.8 Å². The monoisotopic (exact) mass is 250 g/mol. The normalized spacial score (nSPS) is 10.7. The maximum absolute atomic E-state index is 11.7. The molecule has 0 spiro atoms. The van der Waals surface area contributed by atoms with Crippen molar-refractivity contribution < 1.29 is 0 Å². The number of H-pyrrole nitrogens is 1. The fourth-order valence-corrected chi connectivity index (χ4v) is 1.79. The Labute approximate surface area is 108 Å². The lowest BCUT2D eigenvalue weighted by Crippen LogP contribution is -2.25. The molecule has 5 heteroatoms. The van der Waals surface area contributed by atoms with Crippen molar-refractivity contribution in [3.63, 3.8) is 0 Å². The van der Waals surface area contributed by atoms with E-state index in [2.05, 4.69) is 29.1 Å². The van der Waals surface area contributed by atoms with Gasteiger partial charge in [-0.1, -0.05) is 20.8 Å². The zero-order chi connectivity index (χ0) is 13.7. The lowest BCUT2D eigenvalue weighted by molar-refractivity contribution is 0.666. The van der Waals surface area contributed by atoms with Crippen LogP contribution in [-0.2, 0) is 6.42 Å². The molecule has 100 valence electrons. The lowest BCUT2D eigenvalue weighted by atomic mass is 10.1. The minimum atomic E-state index is -0.200. The molecule has 0 amide bonds. The number of nitrogens with one attached hydrogen (secondary N) is 3. The van der Waals surface area contributed by atoms with Crippen LogP contribution >= 0.6 is 0 Å². The van der Waals surface area contributed by atoms with Gasteiger partial charge < -0.3 is 15.7 Å². The van der Waals surface area contributed by atoms with Gasteiger partial charge in [0.1, 0.15) is 11.4 Å². The summed E-state index contributed by atoms with van der Waals surface area (Å²) in [5.74, 6) is 0.618. The second kappa shape index (κ2) is 6.33. The Morgan fingerprint density at radius 1 is 1.39 bits per heavy atom. The maximum atomic E-state index is 11.7. The number of hydrogen-bond acceptors (Lipinski definition) is 4. The molecular weight excluding hydrogens is 228 g/mol. The molecule has 1 heterocycles. The van der Waals surface area contributed by atoms with Crippen LogP contribution < -0.4 is 10.9 Å². The highest BCUT2D eigenvalue weighted by molar-refractivity contribution is 5.98. The first-order valence-corrected chi connectivity index (χ1v) is 6.48. The highest BCUT2D eigenvalue weighted by Gasteiger charge is 2.13. The fourth-order valence-electron chi connectivity index (χ4n) is 1.79. The zero-order valence-electron chi connectivity index (χ0n) is 11.6. The molecular formula is C13H22N4O. The van der Waals surface area contributed by atoms with Gasteiger partial charge in [-0.15, -0.1) is 0 Å². The van der Waals surface area contributed by atoms with Crippen LogP contribution in [0.4, 0.5) is 5.82 Å². The average molecular weight is 250 g/mol. The number of aromatic nitrogens is 2. The van der Waals surface area contributed by atoms with E-state index in [-0.39, 0.29) is 5.56 Å². The van der Waals surface area contributed by atoms with E-state index in [1.807, 2.05) is 6.92 Å². The summed E-state index contributed by atoms with van der Waals surface area (Å²) in [4.78, 5) is 18.8. The molecule has 0 aliphatic rings. The van der Waals surface area contributed by atoms with Gasteiger partial charge in [-0.2, -0.15) is 0 Å². The van der Waals surface area contributed by atoms with Crippen molar-refractivity contribution in [2.45, 2.75) is 53.0 Å². The summed E-state index contributed by atoms with van der Waals surface area (Å²) in [7, 11) is 0. The van der Waals surface area contributed by atoms with Crippen molar-refractivity contribution in [1.82, 2.24) is 9.97 Å². The van der Waals surface area contributed by atoms with Gasteiger partial charge in [-0.3, -0.25) is 4.79 Å². The first-order chi connectivity index (χ1) is 8.53. The molecule has 1 aromatic rings. The first-order valence-electron chi connectivity index (χ1n) is 6.48. The van der Waals surface area contributed by atoms with Crippen molar-refractivity contribution >= 4 is 11.5 Å². The molecule has 0 unspecified atom stereocenters. The van der Waals surface area contributed by atoms with Gasteiger partial charge in [0.15, 0.2) is 5.82 Å². The Hall–Kier alpha value is -1.65. The predicted octanol–water partition coefficient (Wildman–Crippen LogP) is 2.32. The molecule has 1 aromatic heterocycles. The van der Waals surface area contributed by atoms with Gasteiger partial charge in [-0.25, -0.2) is 4.98 Å². The molecule has 0 radical (unpaired) electrons. The molecule has 0 saturated carbocycles. The van der Waals surface area contributed by atoms with Crippen molar-refractivity contribution in [1.29, 1.82) is 5.41 Å². The van der Waals surface area contributed by atoms with Crippen molar-refractivity contribution in [3.8, 4) is 0 Å². The number of aryl methyl sites for hydroxylation is 1. The molecule has 0 aliphatic carbocycles. The van der Waals surface area contributed by atoms with Crippen LogP contribution in [0.2, 0.25) is 0 Å². The third-order valence-corrected chi connectivity index (χ3v) is 3.02. The van der Waals surface area contributed by atoms with Crippen LogP contribution in [0.1, 0.15) is 51.9 Å². The topological polar surface area (TPSA) is 81.6 Å². The predicted molar refractivity (Wildman–Crippen MR) is 74.7 cm³/mol. The van der Waals surface area contributed by atoms with Crippen LogP contribution in [0.3, 0.4) is 0 Å². The van der Waals surface area contributed by atoms with Gasteiger partial charge in [-0.05, 0) is 26.2 Å². The Bertz CT molecular complexity index is 474. The summed E-state index contributed by atoms with van der Waals surface area (Å²) >= 11 is 0. The second-order valence-electron chi connectivity index (χ2n) is 4.37. The van der Waals surface area contributed by atoms with E-state index < -0.39 is 0 Å². The molecule has 0 aromatic carbocycles. The second-order valence-corrected chi connectivity index (χ2v) is 4.37. The largest absolute Gasteiger partial charge is 0.366 e. The molecule has 3 N–H and O–H groups in total. The summed E-state index contributed by atoms with van der Waals surface area (Å²) in [6.07, 6.45) is 2.55. The Kier molecular flexibility index (Phi) is 5.07. The Morgan fingerprint density at radius 3 is 2.44 bits per heavy atom. The summed E-state index contributed by atoms with van der Waals surface area (Å²) in [6.45, 7) is 7.75. The molecule has 0 fully saturated rings. The van der Waals surface area contributed by atoms with E-state index in [1.54, 1.807) is 6.92 Å². The minimum Gasteiger partial charge on any atom is -0.366 e. The van der Waals surface area contributed by atoms with Crippen molar-refractivity contribution in [2.24, 2.45) is 0 Å². The highest BCUT2D eigenvalue weighted by atomic mass is 16.1. The quantitative estimate of drug-likeness (QED) is 0.678. The van der Waals surface area contributed by atoms with Crippen molar-refractivity contribution in [3.05, 3.63) is 21.7 Å². The number of rotatable bonds is 6. The zero-order valence-corrected chi connectivity index (χ0v) is 11.6. The molecule has 5 nitrogen and oxygen atoms in total. The van der Waals surface area contributed by atoms with Gasteiger partial charge in [0.25, 0.3) is 5.56 Å². The third-order valence-electron chi connectivity index (χ3n) is 3.02. The lowest BCUT2D eigenvalue weighted by Gasteiger charge is -2.18. The van der Waals surface area contributed by atoms with Crippen LogP contribution in [0.5, 0.6) is 0 Å². The summed E-state index contributed by atoms with van der Waals surface area (Å²) in [5.41, 5.74) is 1.11. The molecule has 1 rings (SSSR count). The van der Waals surface area contributed by atoms with Gasteiger partial charge in [0, 0.05) is 6.04 Å². The van der Waals surface area contributed by atoms with E-state index in [0.29, 0.717) is 35.4 Å². The Balaban J connectivity index is 3.21. The van der Waals surface area contributed by atoms with E-state index in [4.69, 9.17) is 5.41 Å². The summed E-state index contributed by atoms with van der Waals surface area (Å²) in [6, 6.07) is 0.311. The van der Waals surface area contributed by atoms with E-state index >= 15 is 0 Å². The van der Waals surface area contributed by atoms with Gasteiger partial charge in [0.2, 0.25) is 0 Å². The highest BCUT2D eigenvalue weighted by Crippen LogP contribution is 2.13. The SMILES string of the molecule is CCc1nc(NC(CC)CC)c(C(C)=N)[nH]c1=O. The van der Waals surface area contributed by atoms with E-state index in [1.165, 1.54) is 0 Å². The van der Waals surface area contributed by atoms with Crippen LogP contribution in [0.15, 0.2) is 4.79 Å². The molecule has 0 atom stereocenters. The first kappa shape index (κ1) is 14.4. The van der Waals surface area contributed by atoms with Crippen LogP contribution in [0, 0.1) is 5.41 Å². The smallest absolute Gasteiger partial charge is 0.270 e. The number of aromatic amines is 1. The summed E-state index contributed by atoms with van der Waals surface area (Å²) < 4.78 is 0. The standard InChI is InChI=1S/C13H22N4O/c1-5-9(6-2)15-12-11(8(4)14)17-13(18)10(7-3)16-12/h9,14H,5-7H2,1-4H3,(H,15,16)(H,17,18).